The number of nitrogens with zero attached hydrogens (tertiary/aromatic N) is 3. The number of likely N-dealkylation sites (N-methyl/N-ethyl adjacent to an activating group) is 1. The summed E-state index contributed by atoms with van der Waals surface area (Å²) in [5, 5.41) is 4.35. The van der Waals surface area contributed by atoms with Gasteiger partial charge in [-0.3, -0.25) is 4.79 Å². The van der Waals surface area contributed by atoms with Gasteiger partial charge in [0.25, 0.3) is 5.91 Å². The highest BCUT2D eigenvalue weighted by Gasteiger charge is 2.28. The van der Waals surface area contributed by atoms with Crippen LogP contribution in [-0.4, -0.2) is 47.3 Å². The first kappa shape index (κ1) is 16.2. The Kier molecular flexibility index (Phi) is 4.33. The highest BCUT2D eigenvalue weighted by molar-refractivity contribution is 5.91. The van der Waals surface area contributed by atoms with Crippen LogP contribution in [0.4, 0.5) is 4.39 Å². The molecule has 0 saturated carbocycles. The highest BCUT2D eigenvalue weighted by atomic mass is 19.1. The molecule has 6 nitrogen and oxygen atoms in total. The Hall–Kier alpha value is -2.70. The van der Waals surface area contributed by atoms with E-state index in [1.807, 2.05) is 0 Å². The summed E-state index contributed by atoms with van der Waals surface area (Å²) in [6, 6.07) is 5.94. The lowest BCUT2D eigenvalue weighted by Crippen LogP contribution is -2.27. The van der Waals surface area contributed by atoms with Gasteiger partial charge in [0, 0.05) is 25.4 Å². The molecular weight excluding hydrogens is 313 g/mol. The monoisotopic (exact) mass is 331 g/mol. The van der Waals surface area contributed by atoms with Gasteiger partial charge in [0.1, 0.15) is 5.82 Å². The van der Waals surface area contributed by atoms with Gasteiger partial charge in [0.2, 0.25) is 0 Å². The quantitative estimate of drug-likeness (QED) is 0.801. The Labute approximate surface area is 138 Å². The van der Waals surface area contributed by atoms with Crippen molar-refractivity contribution < 1.29 is 18.7 Å². The van der Waals surface area contributed by atoms with Crippen molar-refractivity contribution in [2.45, 2.75) is 19.3 Å². The summed E-state index contributed by atoms with van der Waals surface area (Å²) in [5.74, 6) is -1.23. The van der Waals surface area contributed by atoms with Crippen LogP contribution in [0.5, 0.6) is 0 Å². The molecule has 0 unspecified atom stereocenters. The molecule has 1 aliphatic carbocycles. The summed E-state index contributed by atoms with van der Waals surface area (Å²) < 4.78 is 19.8. The van der Waals surface area contributed by atoms with Crippen molar-refractivity contribution in [2.75, 3.05) is 20.7 Å². The number of aromatic nitrogens is 2. The summed E-state index contributed by atoms with van der Waals surface area (Å²) in [6.07, 6.45) is 2.46. The fourth-order valence-electron chi connectivity index (χ4n) is 2.72. The summed E-state index contributed by atoms with van der Waals surface area (Å²) in [5.41, 5.74) is 2.71. The van der Waals surface area contributed by atoms with E-state index in [2.05, 4.69) is 5.10 Å². The average molecular weight is 331 g/mol. The van der Waals surface area contributed by atoms with Gasteiger partial charge in [-0.25, -0.2) is 13.9 Å². The maximum Gasteiger partial charge on any atom is 0.359 e. The van der Waals surface area contributed by atoms with E-state index in [4.69, 9.17) is 4.74 Å². The number of benzene rings is 1. The molecule has 0 N–H and O–H groups in total. The molecule has 1 aromatic carbocycles. The van der Waals surface area contributed by atoms with Crippen LogP contribution in [0.15, 0.2) is 24.3 Å². The minimum absolute atomic E-state index is 0.235. The summed E-state index contributed by atoms with van der Waals surface area (Å²) >= 11 is 0. The lowest BCUT2D eigenvalue weighted by atomic mass is 10.2. The van der Waals surface area contributed by atoms with Crippen molar-refractivity contribution in [3.05, 3.63) is 47.0 Å². The zero-order valence-electron chi connectivity index (χ0n) is 13.6. The number of ether oxygens (including phenoxy) is 1. The van der Waals surface area contributed by atoms with Crippen LogP contribution in [0.25, 0.3) is 5.69 Å². The van der Waals surface area contributed by atoms with E-state index < -0.39 is 5.97 Å². The molecule has 1 heterocycles. The van der Waals surface area contributed by atoms with E-state index in [1.165, 1.54) is 17.0 Å². The summed E-state index contributed by atoms with van der Waals surface area (Å²) in [6.45, 7) is -0.315. The van der Waals surface area contributed by atoms with E-state index in [1.54, 1.807) is 30.9 Å². The van der Waals surface area contributed by atoms with Gasteiger partial charge in [0.15, 0.2) is 12.3 Å². The largest absolute Gasteiger partial charge is 0.451 e. The first-order valence-electron chi connectivity index (χ1n) is 7.71. The number of esters is 1. The van der Waals surface area contributed by atoms with Gasteiger partial charge in [-0.2, -0.15) is 5.10 Å². The molecule has 126 valence electrons. The van der Waals surface area contributed by atoms with Gasteiger partial charge in [-0.05, 0) is 43.5 Å². The molecule has 1 aliphatic rings. The Bertz CT molecular complexity index is 781. The molecular formula is C17H18FN3O3. The smallest absolute Gasteiger partial charge is 0.359 e. The summed E-state index contributed by atoms with van der Waals surface area (Å²) in [4.78, 5) is 25.2. The molecule has 0 saturated heterocycles. The molecule has 0 atom stereocenters. The molecule has 24 heavy (non-hydrogen) atoms. The molecule has 1 aromatic heterocycles. The van der Waals surface area contributed by atoms with Crippen LogP contribution >= 0.6 is 0 Å². The molecule has 0 spiro atoms. The van der Waals surface area contributed by atoms with Crippen molar-refractivity contribution in [1.29, 1.82) is 0 Å². The Balaban J connectivity index is 1.87. The number of fused-ring (bicyclic) bond motifs is 1. The second kappa shape index (κ2) is 6.43. The van der Waals surface area contributed by atoms with Gasteiger partial charge >= 0.3 is 5.97 Å². The number of amides is 1. The maximum atomic E-state index is 13.1. The predicted molar refractivity (Wildman–Crippen MR) is 84.5 cm³/mol. The number of rotatable bonds is 4. The molecule has 3 rings (SSSR count). The standard InChI is InChI=1S/C17H18FN3O3/c1-20(2)15(22)10-24-17(23)16-13-4-3-5-14(13)21(19-16)12-8-6-11(18)7-9-12/h6-9H,3-5,10H2,1-2H3. The topological polar surface area (TPSA) is 64.4 Å². The third kappa shape index (κ3) is 3.02. The second-order valence-corrected chi connectivity index (χ2v) is 5.88. The average Bonchev–Trinajstić information content (AvgIpc) is 3.15. The number of hydrogen-bond donors (Lipinski definition) is 0. The van der Waals surface area contributed by atoms with E-state index in [9.17, 15) is 14.0 Å². The zero-order chi connectivity index (χ0) is 17.3. The van der Waals surface area contributed by atoms with Crippen LogP contribution in [0.1, 0.15) is 28.2 Å². The third-order valence-electron chi connectivity index (χ3n) is 4.02. The van der Waals surface area contributed by atoms with Gasteiger partial charge in [-0.15, -0.1) is 0 Å². The molecule has 0 aliphatic heterocycles. The lowest BCUT2D eigenvalue weighted by Gasteiger charge is -2.10. The number of carbonyl (C=O) groups excluding carboxylic acids is 2. The van der Waals surface area contributed by atoms with Crippen molar-refractivity contribution in [1.82, 2.24) is 14.7 Å². The van der Waals surface area contributed by atoms with E-state index in [0.29, 0.717) is 5.69 Å². The second-order valence-electron chi connectivity index (χ2n) is 5.88. The number of hydrogen-bond acceptors (Lipinski definition) is 4. The van der Waals surface area contributed by atoms with E-state index in [0.717, 1.165) is 30.5 Å². The van der Waals surface area contributed by atoms with Crippen molar-refractivity contribution in [3.8, 4) is 5.69 Å². The third-order valence-corrected chi connectivity index (χ3v) is 4.02. The molecule has 0 bridgehead atoms. The van der Waals surface area contributed by atoms with E-state index in [-0.39, 0.29) is 24.0 Å². The van der Waals surface area contributed by atoms with Crippen LogP contribution in [0, 0.1) is 5.82 Å². The fourth-order valence-corrected chi connectivity index (χ4v) is 2.72. The van der Waals surface area contributed by atoms with Crippen LogP contribution in [0.3, 0.4) is 0 Å². The number of halogens is 1. The highest BCUT2D eigenvalue weighted by Crippen LogP contribution is 2.28. The SMILES string of the molecule is CN(C)C(=O)COC(=O)c1nn(-c2ccc(F)cc2)c2c1CCC2. The van der Waals surface area contributed by atoms with Gasteiger partial charge < -0.3 is 9.64 Å². The van der Waals surface area contributed by atoms with Gasteiger partial charge in [-0.1, -0.05) is 0 Å². The van der Waals surface area contributed by atoms with Crippen molar-refractivity contribution >= 4 is 11.9 Å². The Morgan fingerprint density at radius 3 is 2.62 bits per heavy atom. The molecule has 7 heteroatoms. The summed E-state index contributed by atoms with van der Waals surface area (Å²) in [7, 11) is 3.19. The Morgan fingerprint density at radius 2 is 1.96 bits per heavy atom. The van der Waals surface area contributed by atoms with Crippen molar-refractivity contribution in [3.63, 3.8) is 0 Å². The minimum atomic E-state index is -0.607. The van der Waals surface area contributed by atoms with Crippen LogP contribution in [0.2, 0.25) is 0 Å². The molecule has 1 amide bonds. The molecule has 0 fully saturated rings. The predicted octanol–water partition coefficient (Wildman–Crippen LogP) is 1.75. The normalized spacial score (nSPS) is 12.8. The first-order valence-corrected chi connectivity index (χ1v) is 7.71. The van der Waals surface area contributed by atoms with Crippen LogP contribution in [-0.2, 0) is 22.4 Å². The fraction of sp³-hybridized carbons (Fsp3) is 0.353. The number of carbonyl (C=O) groups is 2. The Morgan fingerprint density at radius 1 is 1.25 bits per heavy atom. The maximum absolute atomic E-state index is 13.1. The lowest BCUT2D eigenvalue weighted by molar-refractivity contribution is -0.131. The zero-order valence-corrected chi connectivity index (χ0v) is 13.6. The van der Waals surface area contributed by atoms with Gasteiger partial charge in [0.05, 0.1) is 5.69 Å². The molecule has 0 radical (unpaired) electrons. The minimum Gasteiger partial charge on any atom is -0.451 e. The van der Waals surface area contributed by atoms with Crippen LogP contribution < -0.4 is 0 Å². The van der Waals surface area contributed by atoms with E-state index >= 15 is 0 Å². The van der Waals surface area contributed by atoms with Crippen molar-refractivity contribution in [2.24, 2.45) is 0 Å². The molecule has 2 aromatic rings. The first-order chi connectivity index (χ1) is 11.5.